The molecule has 2 aliphatic heterocycles. The van der Waals surface area contributed by atoms with Gasteiger partial charge in [0.1, 0.15) is 17.2 Å². The summed E-state index contributed by atoms with van der Waals surface area (Å²) in [4.78, 5) is 54.1. The summed E-state index contributed by atoms with van der Waals surface area (Å²) in [7, 11) is -3.82. The van der Waals surface area contributed by atoms with Crippen LogP contribution >= 0.6 is 0 Å². The third-order valence-electron chi connectivity index (χ3n) is 7.64. The maximum absolute atomic E-state index is 13.7. The number of carbonyl (C=O) groups is 4. The van der Waals surface area contributed by atoms with Gasteiger partial charge in [-0.1, -0.05) is 25.0 Å². The fourth-order valence-corrected chi connectivity index (χ4v) is 6.64. The van der Waals surface area contributed by atoms with Gasteiger partial charge < -0.3 is 26.0 Å². The van der Waals surface area contributed by atoms with Crippen LogP contribution in [0, 0.1) is 5.92 Å². The van der Waals surface area contributed by atoms with Gasteiger partial charge in [0.15, 0.2) is 0 Å². The summed E-state index contributed by atoms with van der Waals surface area (Å²) in [5.41, 5.74) is 4.07. The molecule has 3 fully saturated rings. The largest absolute Gasteiger partial charge is 0.444 e. The number of amides is 4. The molecule has 1 saturated heterocycles. The number of ether oxygens (including phenoxy) is 1. The molecule has 0 aromatic heterocycles. The van der Waals surface area contributed by atoms with Crippen LogP contribution in [-0.4, -0.2) is 78.2 Å². The third-order valence-corrected chi connectivity index (χ3v) is 9.46. The summed E-state index contributed by atoms with van der Waals surface area (Å²) in [5.74, 6) is -2.13. The number of hydrogen-bond acceptors (Lipinski definition) is 8. The lowest BCUT2D eigenvalue weighted by Gasteiger charge is -2.28. The van der Waals surface area contributed by atoms with Gasteiger partial charge in [0.2, 0.25) is 21.8 Å². The molecule has 4 aliphatic rings. The number of allylic oxidation sites excluding steroid dienone is 1. The van der Waals surface area contributed by atoms with Crippen LogP contribution in [0.5, 0.6) is 0 Å². The summed E-state index contributed by atoms with van der Waals surface area (Å²) < 4.78 is 32.5. The summed E-state index contributed by atoms with van der Waals surface area (Å²) in [6.07, 6.45) is 8.21. The van der Waals surface area contributed by atoms with Gasteiger partial charge in [-0.3, -0.25) is 19.1 Å². The van der Waals surface area contributed by atoms with Crippen LogP contribution in [0.15, 0.2) is 12.2 Å². The van der Waals surface area contributed by atoms with Crippen LogP contribution < -0.4 is 21.1 Å². The quantitative estimate of drug-likeness (QED) is 0.361. The number of sulfonamides is 1. The fourth-order valence-electron chi connectivity index (χ4n) is 5.27. The number of rotatable bonds is 4. The predicted octanol–water partition coefficient (Wildman–Crippen LogP) is 0.812. The van der Waals surface area contributed by atoms with Crippen molar-refractivity contribution in [3.8, 4) is 0 Å². The molecule has 2 aliphatic carbocycles. The first-order chi connectivity index (χ1) is 18.2. The molecule has 4 amide bonds. The van der Waals surface area contributed by atoms with Crippen molar-refractivity contribution in [3.63, 3.8) is 0 Å². The Bertz CT molecular complexity index is 1130. The molecule has 0 aromatic rings. The van der Waals surface area contributed by atoms with Gasteiger partial charge in [-0.05, 0) is 65.7 Å². The zero-order valence-electron chi connectivity index (χ0n) is 22.9. The molecule has 0 aromatic carbocycles. The topological polar surface area (TPSA) is 177 Å². The van der Waals surface area contributed by atoms with Crippen LogP contribution in [0.3, 0.4) is 0 Å². The number of nitrogens with zero attached hydrogens (tertiary/aromatic N) is 1. The Balaban J connectivity index is 1.56. The molecule has 12 nitrogen and oxygen atoms in total. The zero-order valence-corrected chi connectivity index (χ0v) is 23.7. The van der Waals surface area contributed by atoms with Gasteiger partial charge in [0.25, 0.3) is 5.91 Å². The van der Waals surface area contributed by atoms with E-state index in [9.17, 15) is 27.6 Å². The molecule has 2 saturated carbocycles. The molecule has 0 radical (unpaired) electrons. The molecule has 13 heteroatoms. The monoisotopic (exact) mass is 567 g/mol. The third kappa shape index (κ3) is 7.10. The average Bonchev–Trinajstić information content (AvgIpc) is 3.73. The standard InChI is InChI=1S/C26H41N5O7S/c1-25(2,3)38-24(35)28-17-13-20-21(32)29-26(23(34)30-39(36,37)18-11-12-18)14-16(26)9-7-5-4-6-8-10-19(27)22(33)31(20)15-17/h7,9,16-20H,4-6,8,10-15,27H2,1-3H3,(H,28,35)(H,29,32)(H,30,34)/b9-7-/t16-,17+,19-,20-,26+/m0/s1. The first-order valence-corrected chi connectivity index (χ1v) is 15.4. The molecule has 2 heterocycles. The highest BCUT2D eigenvalue weighted by Gasteiger charge is 2.62. The summed E-state index contributed by atoms with van der Waals surface area (Å²) in [5, 5.41) is 4.93. The highest BCUT2D eigenvalue weighted by molar-refractivity contribution is 7.91. The summed E-state index contributed by atoms with van der Waals surface area (Å²) in [6, 6.07) is -2.38. The van der Waals surface area contributed by atoms with Crippen molar-refractivity contribution >= 4 is 33.8 Å². The van der Waals surface area contributed by atoms with Gasteiger partial charge in [-0.25, -0.2) is 13.2 Å². The highest BCUT2D eigenvalue weighted by Crippen LogP contribution is 2.46. The van der Waals surface area contributed by atoms with Gasteiger partial charge in [0, 0.05) is 12.5 Å². The van der Waals surface area contributed by atoms with E-state index in [0.29, 0.717) is 19.3 Å². The van der Waals surface area contributed by atoms with E-state index in [0.717, 1.165) is 25.7 Å². The molecule has 218 valence electrons. The minimum Gasteiger partial charge on any atom is -0.444 e. The van der Waals surface area contributed by atoms with Crippen LogP contribution in [-0.2, 0) is 29.1 Å². The second-order valence-corrected chi connectivity index (χ2v) is 14.2. The molecular formula is C26H41N5O7S. The SMILES string of the molecule is CC(C)(C)OC(=O)N[C@@H]1C[C@H]2C(=O)N[C@]3(C(=O)NS(=O)(=O)C4CC4)C[C@@H]3/C=C\CCCCC[C@H](N)C(=O)N2C1. The Morgan fingerprint density at radius 2 is 1.87 bits per heavy atom. The lowest BCUT2D eigenvalue weighted by Crippen LogP contribution is -2.57. The van der Waals surface area contributed by atoms with E-state index in [-0.39, 0.29) is 25.3 Å². The van der Waals surface area contributed by atoms with E-state index in [1.54, 1.807) is 20.8 Å². The molecule has 4 rings (SSSR count). The van der Waals surface area contributed by atoms with Crippen molar-refractivity contribution in [1.29, 1.82) is 0 Å². The second-order valence-electron chi connectivity index (χ2n) is 12.2. The van der Waals surface area contributed by atoms with Crippen molar-refractivity contribution in [2.45, 2.75) is 113 Å². The number of fused-ring (bicyclic) bond motifs is 2. The molecule has 0 bridgehead atoms. The normalized spacial score (nSPS) is 33.0. The first-order valence-electron chi connectivity index (χ1n) is 13.8. The lowest BCUT2D eigenvalue weighted by molar-refractivity contribution is -0.140. The van der Waals surface area contributed by atoms with Crippen molar-refractivity contribution in [3.05, 3.63) is 12.2 Å². The Morgan fingerprint density at radius 3 is 2.54 bits per heavy atom. The van der Waals surface area contributed by atoms with Crippen LogP contribution in [0.25, 0.3) is 0 Å². The molecule has 5 N–H and O–H groups in total. The van der Waals surface area contributed by atoms with Crippen molar-refractivity contribution in [1.82, 2.24) is 20.3 Å². The van der Waals surface area contributed by atoms with Gasteiger partial charge in [-0.15, -0.1) is 0 Å². The van der Waals surface area contributed by atoms with E-state index in [1.165, 1.54) is 4.90 Å². The van der Waals surface area contributed by atoms with E-state index < -0.39 is 68.4 Å². The predicted molar refractivity (Wildman–Crippen MR) is 143 cm³/mol. The first kappa shape index (κ1) is 29.3. The van der Waals surface area contributed by atoms with E-state index in [4.69, 9.17) is 10.5 Å². The number of nitrogens with one attached hydrogen (secondary N) is 3. The molecule has 39 heavy (non-hydrogen) atoms. The van der Waals surface area contributed by atoms with Gasteiger partial charge in [-0.2, -0.15) is 0 Å². The molecule has 0 unspecified atom stereocenters. The Kier molecular flexibility index (Phi) is 8.32. The second kappa shape index (κ2) is 11.1. The summed E-state index contributed by atoms with van der Waals surface area (Å²) in [6.45, 7) is 5.25. The number of hydrogen-bond donors (Lipinski definition) is 4. The fraction of sp³-hybridized carbons (Fsp3) is 0.769. The van der Waals surface area contributed by atoms with Crippen LogP contribution in [0.1, 0.15) is 78.6 Å². The minimum atomic E-state index is -3.82. The smallest absolute Gasteiger partial charge is 0.407 e. The van der Waals surface area contributed by atoms with Crippen molar-refractivity contribution in [2.24, 2.45) is 11.7 Å². The van der Waals surface area contributed by atoms with Gasteiger partial charge >= 0.3 is 6.09 Å². The zero-order chi connectivity index (χ0) is 28.6. The number of nitrogens with two attached hydrogens (primary N) is 1. The molecule has 0 spiro atoms. The Labute approximate surface area is 229 Å². The Hall–Kier alpha value is -2.67. The van der Waals surface area contributed by atoms with Crippen LogP contribution in [0.2, 0.25) is 0 Å². The van der Waals surface area contributed by atoms with E-state index in [2.05, 4.69) is 15.4 Å². The summed E-state index contributed by atoms with van der Waals surface area (Å²) >= 11 is 0. The van der Waals surface area contributed by atoms with E-state index in [1.807, 2.05) is 12.2 Å². The molecular weight excluding hydrogens is 526 g/mol. The molecule has 5 atom stereocenters. The number of alkyl carbamates (subject to hydrolysis) is 1. The highest BCUT2D eigenvalue weighted by atomic mass is 32.2. The van der Waals surface area contributed by atoms with Crippen LogP contribution in [0.4, 0.5) is 4.79 Å². The van der Waals surface area contributed by atoms with Gasteiger partial charge in [0.05, 0.1) is 17.3 Å². The maximum atomic E-state index is 13.7. The lowest BCUT2D eigenvalue weighted by atomic mass is 10.1. The minimum absolute atomic E-state index is 0.0580. The average molecular weight is 568 g/mol. The van der Waals surface area contributed by atoms with Crippen molar-refractivity contribution in [2.75, 3.05) is 6.54 Å². The number of carbonyl (C=O) groups excluding carboxylic acids is 4. The maximum Gasteiger partial charge on any atom is 0.407 e. The van der Waals surface area contributed by atoms with Crippen molar-refractivity contribution < 1.29 is 32.3 Å². The Morgan fingerprint density at radius 1 is 1.15 bits per heavy atom. The van der Waals surface area contributed by atoms with E-state index >= 15 is 0 Å².